The molecule has 15 heavy (non-hydrogen) atoms. The summed E-state index contributed by atoms with van der Waals surface area (Å²) in [6, 6.07) is -0.731. The highest BCUT2D eigenvalue weighted by Gasteiger charge is 2.19. The lowest BCUT2D eigenvalue weighted by molar-refractivity contribution is -0.142. The fraction of sp³-hybridized carbons (Fsp3) is 0.429. The highest BCUT2D eigenvalue weighted by Crippen LogP contribution is 2.14. The smallest absolute Gasteiger partial charge is 0.328 e. The zero-order chi connectivity index (χ0) is 11.4. The summed E-state index contributed by atoms with van der Waals surface area (Å²) in [6.07, 6.45) is 0. The molecule has 0 aromatic carbocycles. The van der Waals surface area contributed by atoms with E-state index in [4.69, 9.17) is 11.6 Å². The maximum atomic E-state index is 11.4. The van der Waals surface area contributed by atoms with Crippen LogP contribution in [-0.2, 0) is 9.53 Å². The van der Waals surface area contributed by atoms with Crippen molar-refractivity contribution in [2.75, 3.05) is 7.11 Å². The van der Waals surface area contributed by atoms with Gasteiger partial charge in [-0.25, -0.2) is 4.79 Å². The second-order valence-corrected chi connectivity index (χ2v) is 4.14. The molecule has 1 aromatic heterocycles. The Morgan fingerprint density at radius 3 is 2.67 bits per heavy atom. The zero-order valence-corrected chi connectivity index (χ0v) is 9.56. The number of carbonyl (C=O) groups is 2. The minimum atomic E-state index is -0.731. The molecule has 82 valence electrons. The van der Waals surface area contributed by atoms with Gasteiger partial charge in [-0.3, -0.25) is 4.79 Å². The second kappa shape index (κ2) is 5.04. The number of hydrogen-bond donors (Lipinski definition) is 1. The number of methoxy groups -OCH3 is 1. The first-order chi connectivity index (χ1) is 7.04. The van der Waals surface area contributed by atoms with Crippen molar-refractivity contribution < 1.29 is 14.3 Å². The molecular weight excluding hydrogens is 242 g/mol. The Kier molecular flexibility index (Phi) is 3.98. The van der Waals surface area contributed by atoms with E-state index in [1.807, 2.05) is 0 Å². The van der Waals surface area contributed by atoms with Crippen LogP contribution >= 0.6 is 22.9 Å². The van der Waals surface area contributed by atoms with E-state index in [1.165, 1.54) is 14.0 Å². The summed E-state index contributed by atoms with van der Waals surface area (Å²) in [5, 5.41) is 9.50. The quantitative estimate of drug-likeness (QED) is 0.788. The first-order valence-corrected chi connectivity index (χ1v) is 5.11. The Hall–Kier alpha value is -1.21. The van der Waals surface area contributed by atoms with Crippen LogP contribution in [0.2, 0.25) is 4.47 Å². The Bertz CT molecular complexity index is 381. The molecule has 6 nitrogen and oxygen atoms in total. The minimum Gasteiger partial charge on any atom is -0.467 e. The molecule has 1 N–H and O–H groups in total. The predicted molar refractivity (Wildman–Crippen MR) is 53.9 cm³/mol. The molecule has 0 saturated carbocycles. The molecule has 0 aliphatic heterocycles. The molecule has 0 spiro atoms. The number of hydrogen-bond acceptors (Lipinski definition) is 6. The lowest BCUT2D eigenvalue weighted by Gasteiger charge is -2.09. The molecule has 1 rings (SSSR count). The topological polar surface area (TPSA) is 81.2 Å². The molecule has 0 unspecified atom stereocenters. The third-order valence-electron chi connectivity index (χ3n) is 1.50. The van der Waals surface area contributed by atoms with Crippen LogP contribution in [0.4, 0.5) is 0 Å². The molecule has 1 amide bonds. The van der Waals surface area contributed by atoms with Crippen molar-refractivity contribution in [2.45, 2.75) is 13.0 Å². The van der Waals surface area contributed by atoms with Crippen LogP contribution in [-0.4, -0.2) is 35.2 Å². The molecule has 0 aliphatic rings. The number of amides is 1. The zero-order valence-electron chi connectivity index (χ0n) is 7.98. The number of carbonyl (C=O) groups excluding carboxylic acids is 2. The van der Waals surface area contributed by atoms with Gasteiger partial charge in [0.2, 0.25) is 9.47 Å². The average molecular weight is 250 g/mol. The second-order valence-electron chi connectivity index (χ2n) is 2.58. The van der Waals surface area contributed by atoms with Gasteiger partial charge in [0, 0.05) is 0 Å². The molecule has 0 fully saturated rings. The summed E-state index contributed by atoms with van der Waals surface area (Å²) < 4.78 is 4.61. The van der Waals surface area contributed by atoms with E-state index in [0.29, 0.717) is 0 Å². The summed E-state index contributed by atoms with van der Waals surface area (Å²) in [5.74, 6) is -1.03. The van der Waals surface area contributed by atoms with E-state index in [9.17, 15) is 9.59 Å². The maximum Gasteiger partial charge on any atom is 0.328 e. The highest BCUT2D eigenvalue weighted by molar-refractivity contribution is 7.17. The van der Waals surface area contributed by atoms with Crippen LogP contribution in [0.1, 0.15) is 16.7 Å². The van der Waals surface area contributed by atoms with Crippen LogP contribution in [0, 0.1) is 0 Å². The molecule has 0 radical (unpaired) electrons. The molecule has 1 aromatic rings. The molecule has 1 heterocycles. The van der Waals surface area contributed by atoms with Gasteiger partial charge in [0.05, 0.1) is 7.11 Å². The van der Waals surface area contributed by atoms with Gasteiger partial charge in [-0.05, 0) is 18.5 Å². The van der Waals surface area contributed by atoms with Crippen molar-refractivity contribution in [3.05, 3.63) is 9.47 Å². The normalized spacial score (nSPS) is 11.9. The van der Waals surface area contributed by atoms with Crippen LogP contribution in [0.5, 0.6) is 0 Å². The first kappa shape index (κ1) is 11.9. The molecule has 1 atom stereocenters. The van der Waals surface area contributed by atoms with Gasteiger partial charge in [0.15, 0.2) is 0 Å². The van der Waals surface area contributed by atoms with Gasteiger partial charge in [-0.1, -0.05) is 11.3 Å². The Labute approximate surface area is 94.6 Å². The molecular formula is C7H8ClN3O3S. The minimum absolute atomic E-state index is 0.107. The third kappa shape index (κ3) is 3.14. The first-order valence-electron chi connectivity index (χ1n) is 3.92. The molecule has 0 bridgehead atoms. The monoisotopic (exact) mass is 249 g/mol. The van der Waals surface area contributed by atoms with Gasteiger partial charge in [-0.15, -0.1) is 10.2 Å². The van der Waals surface area contributed by atoms with E-state index >= 15 is 0 Å². The standard InChI is InChI=1S/C7H8ClN3O3S/c1-3(6(13)14-2)9-4(12)5-10-11-7(8)15-5/h3H,1-2H3,(H,9,12)/t3-/m0/s1. The number of nitrogens with zero attached hydrogens (tertiary/aromatic N) is 2. The number of rotatable bonds is 3. The van der Waals surface area contributed by atoms with Gasteiger partial charge in [0.25, 0.3) is 5.91 Å². The summed E-state index contributed by atoms with van der Waals surface area (Å²) in [5.41, 5.74) is 0. The SMILES string of the molecule is COC(=O)[C@H](C)NC(=O)c1nnc(Cl)s1. The summed E-state index contributed by atoms with van der Waals surface area (Å²) in [4.78, 5) is 22.4. The van der Waals surface area contributed by atoms with Crippen molar-refractivity contribution >= 4 is 34.8 Å². The molecule has 0 aliphatic carbocycles. The van der Waals surface area contributed by atoms with E-state index in [0.717, 1.165) is 11.3 Å². The van der Waals surface area contributed by atoms with E-state index < -0.39 is 17.9 Å². The summed E-state index contributed by atoms with van der Waals surface area (Å²) in [7, 11) is 1.24. The van der Waals surface area contributed by atoms with Crippen molar-refractivity contribution in [3.8, 4) is 0 Å². The lowest BCUT2D eigenvalue weighted by Crippen LogP contribution is -2.39. The fourth-order valence-electron chi connectivity index (χ4n) is 0.791. The third-order valence-corrected chi connectivity index (χ3v) is 2.51. The highest BCUT2D eigenvalue weighted by atomic mass is 35.5. The largest absolute Gasteiger partial charge is 0.467 e. The van der Waals surface area contributed by atoms with Crippen LogP contribution in [0.15, 0.2) is 0 Å². The van der Waals surface area contributed by atoms with Gasteiger partial charge in [-0.2, -0.15) is 0 Å². The average Bonchev–Trinajstić information content (AvgIpc) is 2.63. The van der Waals surface area contributed by atoms with Gasteiger partial charge < -0.3 is 10.1 Å². The van der Waals surface area contributed by atoms with E-state index in [1.54, 1.807) is 0 Å². The van der Waals surface area contributed by atoms with E-state index in [2.05, 4.69) is 20.3 Å². The van der Waals surface area contributed by atoms with Crippen molar-refractivity contribution in [1.82, 2.24) is 15.5 Å². The predicted octanol–water partition coefficient (Wildman–Crippen LogP) is 0.483. The number of nitrogens with one attached hydrogen (secondary N) is 1. The van der Waals surface area contributed by atoms with Gasteiger partial charge in [0.1, 0.15) is 6.04 Å². The van der Waals surface area contributed by atoms with Crippen LogP contribution < -0.4 is 5.32 Å². The Balaban J connectivity index is 2.60. The number of ether oxygens (including phenoxy) is 1. The summed E-state index contributed by atoms with van der Waals surface area (Å²) >= 11 is 6.44. The van der Waals surface area contributed by atoms with Crippen molar-refractivity contribution in [2.24, 2.45) is 0 Å². The van der Waals surface area contributed by atoms with Crippen LogP contribution in [0.3, 0.4) is 0 Å². The van der Waals surface area contributed by atoms with E-state index in [-0.39, 0.29) is 9.47 Å². The maximum absolute atomic E-state index is 11.4. The molecule has 0 saturated heterocycles. The fourth-order valence-corrected chi connectivity index (χ4v) is 1.52. The summed E-state index contributed by atoms with van der Waals surface area (Å²) in [6.45, 7) is 1.51. The number of esters is 1. The lowest BCUT2D eigenvalue weighted by atomic mass is 10.3. The van der Waals surface area contributed by atoms with Crippen molar-refractivity contribution in [1.29, 1.82) is 0 Å². The number of aromatic nitrogens is 2. The Morgan fingerprint density at radius 2 is 2.20 bits per heavy atom. The molecule has 8 heteroatoms. The van der Waals surface area contributed by atoms with Gasteiger partial charge >= 0.3 is 5.97 Å². The van der Waals surface area contributed by atoms with Crippen molar-refractivity contribution in [3.63, 3.8) is 0 Å². The van der Waals surface area contributed by atoms with Crippen LogP contribution in [0.25, 0.3) is 0 Å². The Morgan fingerprint density at radius 1 is 1.53 bits per heavy atom. The number of halogens is 1.